The summed E-state index contributed by atoms with van der Waals surface area (Å²) in [5, 5.41) is 0. The van der Waals surface area contributed by atoms with Crippen molar-refractivity contribution < 1.29 is 4.74 Å². The van der Waals surface area contributed by atoms with Gasteiger partial charge in [0.15, 0.2) is 0 Å². The second kappa shape index (κ2) is 2.09. The number of ether oxygens (including phenoxy) is 1. The number of rotatable bonds is 0. The zero-order valence-electron chi connectivity index (χ0n) is 5.40. The lowest BCUT2D eigenvalue weighted by atomic mass is 10.1. The van der Waals surface area contributed by atoms with Gasteiger partial charge in [0.05, 0.1) is 9.53 Å². The van der Waals surface area contributed by atoms with E-state index in [0.29, 0.717) is 9.53 Å². The highest BCUT2D eigenvalue weighted by atomic mass is 127. The van der Waals surface area contributed by atoms with Gasteiger partial charge in [-0.1, -0.05) is 22.6 Å². The Hall–Kier alpha value is 0.690. The van der Waals surface area contributed by atoms with Crippen molar-refractivity contribution >= 4 is 22.6 Å². The van der Waals surface area contributed by atoms with Gasteiger partial charge in [-0.3, -0.25) is 0 Å². The molecule has 1 saturated carbocycles. The van der Waals surface area contributed by atoms with Gasteiger partial charge in [-0.15, -0.1) is 0 Å². The van der Waals surface area contributed by atoms with Crippen molar-refractivity contribution in [2.24, 2.45) is 0 Å². The van der Waals surface area contributed by atoms with E-state index >= 15 is 0 Å². The topological polar surface area (TPSA) is 9.23 Å². The van der Waals surface area contributed by atoms with Gasteiger partial charge in [-0.05, 0) is 25.7 Å². The molecule has 0 N–H and O–H groups in total. The summed E-state index contributed by atoms with van der Waals surface area (Å²) in [7, 11) is 0. The molecule has 2 atom stereocenters. The first-order chi connectivity index (χ1) is 4.31. The van der Waals surface area contributed by atoms with Gasteiger partial charge in [0.25, 0.3) is 0 Å². The third kappa shape index (κ3) is 0.909. The zero-order chi connectivity index (χ0) is 6.32. The highest BCUT2D eigenvalue weighted by molar-refractivity contribution is 14.1. The summed E-state index contributed by atoms with van der Waals surface area (Å²) in [5.74, 6) is 0. The molecule has 0 aromatic heterocycles. The maximum atomic E-state index is 5.57. The van der Waals surface area contributed by atoms with Gasteiger partial charge in [0.2, 0.25) is 0 Å². The third-order valence-electron chi connectivity index (χ3n) is 2.47. The molecule has 0 aromatic rings. The summed E-state index contributed by atoms with van der Waals surface area (Å²) < 4.78 is 6.13. The Balaban J connectivity index is 2.17. The van der Waals surface area contributed by atoms with Gasteiger partial charge in [0, 0.05) is 6.61 Å². The fourth-order valence-corrected chi connectivity index (χ4v) is 2.98. The van der Waals surface area contributed by atoms with Crippen molar-refractivity contribution in [2.45, 2.75) is 35.2 Å². The van der Waals surface area contributed by atoms with Crippen molar-refractivity contribution in [3.05, 3.63) is 0 Å². The minimum absolute atomic E-state index is 0.553. The van der Waals surface area contributed by atoms with Crippen molar-refractivity contribution in [3.63, 3.8) is 0 Å². The van der Waals surface area contributed by atoms with Crippen LogP contribution in [0.2, 0.25) is 0 Å². The van der Waals surface area contributed by atoms with Crippen LogP contribution < -0.4 is 0 Å². The maximum absolute atomic E-state index is 5.57. The van der Waals surface area contributed by atoms with E-state index in [-0.39, 0.29) is 0 Å². The molecule has 52 valence electrons. The molecule has 0 amide bonds. The minimum Gasteiger partial charge on any atom is -0.377 e. The van der Waals surface area contributed by atoms with Crippen molar-refractivity contribution in [2.75, 3.05) is 6.61 Å². The lowest BCUT2D eigenvalue weighted by Crippen LogP contribution is -2.24. The average molecular weight is 238 g/mol. The van der Waals surface area contributed by atoms with Gasteiger partial charge in [0.1, 0.15) is 0 Å². The monoisotopic (exact) mass is 238 g/mol. The first-order valence-electron chi connectivity index (χ1n) is 3.62. The molecule has 9 heavy (non-hydrogen) atoms. The molecule has 2 fully saturated rings. The van der Waals surface area contributed by atoms with E-state index < -0.39 is 0 Å². The SMILES string of the molecule is IC12CCCC1OCC2. The highest BCUT2D eigenvalue weighted by Crippen LogP contribution is 2.46. The Morgan fingerprint density at radius 2 is 2.33 bits per heavy atom. The van der Waals surface area contributed by atoms with Crippen molar-refractivity contribution in [1.82, 2.24) is 0 Å². The van der Waals surface area contributed by atoms with Gasteiger partial charge in [-0.25, -0.2) is 0 Å². The van der Waals surface area contributed by atoms with Crippen LogP contribution >= 0.6 is 22.6 Å². The molecule has 1 saturated heterocycles. The van der Waals surface area contributed by atoms with E-state index in [4.69, 9.17) is 4.74 Å². The van der Waals surface area contributed by atoms with E-state index in [0.717, 1.165) is 6.61 Å². The molecule has 2 rings (SSSR count). The Bertz CT molecular complexity index is 114. The summed E-state index contributed by atoms with van der Waals surface area (Å²) in [4.78, 5) is 0. The number of hydrogen-bond donors (Lipinski definition) is 0. The van der Waals surface area contributed by atoms with Crippen LogP contribution in [0.5, 0.6) is 0 Å². The predicted octanol–water partition coefficient (Wildman–Crippen LogP) is 2.13. The molecule has 1 aliphatic heterocycles. The van der Waals surface area contributed by atoms with Crippen molar-refractivity contribution in [1.29, 1.82) is 0 Å². The first-order valence-corrected chi connectivity index (χ1v) is 4.70. The van der Waals surface area contributed by atoms with Gasteiger partial charge in [-0.2, -0.15) is 0 Å². The fraction of sp³-hybridized carbons (Fsp3) is 1.00. The Morgan fingerprint density at radius 3 is 3.11 bits per heavy atom. The lowest BCUT2D eigenvalue weighted by Gasteiger charge is -2.18. The van der Waals surface area contributed by atoms with Crippen LogP contribution in [0.1, 0.15) is 25.7 Å². The second-order valence-electron chi connectivity index (χ2n) is 3.04. The molecule has 0 radical (unpaired) electrons. The largest absolute Gasteiger partial charge is 0.377 e. The molecule has 0 spiro atoms. The quantitative estimate of drug-likeness (QED) is 0.464. The fourth-order valence-electron chi connectivity index (χ4n) is 1.89. The van der Waals surface area contributed by atoms with Crippen LogP contribution in [-0.4, -0.2) is 16.1 Å². The van der Waals surface area contributed by atoms with E-state index in [1.165, 1.54) is 25.7 Å². The average Bonchev–Trinajstić information content (AvgIpc) is 2.22. The van der Waals surface area contributed by atoms with E-state index in [1.54, 1.807) is 0 Å². The normalized spacial score (nSPS) is 49.7. The summed E-state index contributed by atoms with van der Waals surface area (Å²) in [5.41, 5.74) is 0. The number of hydrogen-bond acceptors (Lipinski definition) is 1. The number of fused-ring (bicyclic) bond motifs is 1. The summed E-state index contributed by atoms with van der Waals surface area (Å²) in [6, 6.07) is 0. The number of alkyl halides is 1. The summed E-state index contributed by atoms with van der Waals surface area (Å²) in [6.45, 7) is 1.01. The molecule has 1 aliphatic carbocycles. The maximum Gasteiger partial charge on any atom is 0.0721 e. The minimum atomic E-state index is 0.553. The zero-order valence-corrected chi connectivity index (χ0v) is 7.56. The van der Waals surface area contributed by atoms with Gasteiger partial charge >= 0.3 is 0 Å². The molecular weight excluding hydrogens is 227 g/mol. The second-order valence-corrected chi connectivity index (χ2v) is 5.18. The Kier molecular flexibility index (Phi) is 1.49. The molecule has 2 unspecified atom stereocenters. The van der Waals surface area contributed by atoms with Gasteiger partial charge < -0.3 is 4.74 Å². The molecule has 2 aliphatic rings. The van der Waals surface area contributed by atoms with Crippen LogP contribution in [0.15, 0.2) is 0 Å². The summed E-state index contributed by atoms with van der Waals surface area (Å²) >= 11 is 2.59. The van der Waals surface area contributed by atoms with Crippen LogP contribution in [0.25, 0.3) is 0 Å². The standard InChI is InChI=1S/C7H11IO/c8-7-3-1-2-6(7)9-5-4-7/h6H,1-5H2. The molecule has 0 aromatic carbocycles. The molecular formula is C7H11IO. The molecule has 2 heteroatoms. The van der Waals surface area contributed by atoms with Crippen LogP contribution in [0.3, 0.4) is 0 Å². The predicted molar refractivity (Wildman–Crippen MR) is 45.0 cm³/mol. The van der Waals surface area contributed by atoms with E-state index in [9.17, 15) is 0 Å². The van der Waals surface area contributed by atoms with Crippen LogP contribution in [-0.2, 0) is 4.74 Å². The van der Waals surface area contributed by atoms with E-state index in [2.05, 4.69) is 22.6 Å². The van der Waals surface area contributed by atoms with Crippen molar-refractivity contribution in [3.8, 4) is 0 Å². The van der Waals surface area contributed by atoms with Crippen LogP contribution in [0.4, 0.5) is 0 Å². The lowest BCUT2D eigenvalue weighted by molar-refractivity contribution is 0.110. The molecule has 0 bridgehead atoms. The highest BCUT2D eigenvalue weighted by Gasteiger charge is 2.45. The smallest absolute Gasteiger partial charge is 0.0721 e. The Labute approximate surface area is 69.3 Å². The first kappa shape index (κ1) is 6.40. The van der Waals surface area contributed by atoms with E-state index in [1.807, 2.05) is 0 Å². The third-order valence-corrected chi connectivity index (χ3v) is 4.25. The number of halogens is 1. The van der Waals surface area contributed by atoms with Crippen LogP contribution in [0, 0.1) is 0 Å². The Morgan fingerprint density at radius 1 is 1.44 bits per heavy atom. The molecule has 1 nitrogen and oxygen atoms in total. The molecule has 1 heterocycles. The summed E-state index contributed by atoms with van der Waals surface area (Å²) in [6.07, 6.45) is 5.98.